The highest BCUT2D eigenvalue weighted by molar-refractivity contribution is 6.36. The van der Waals surface area contributed by atoms with E-state index in [0.717, 1.165) is 12.1 Å². The molecule has 1 N–H and O–H groups in total. The molecular weight excluding hydrogens is 358 g/mol. The van der Waals surface area contributed by atoms with Crippen molar-refractivity contribution in [3.05, 3.63) is 63.4 Å². The lowest BCUT2D eigenvalue weighted by molar-refractivity contribution is -0.119. The van der Waals surface area contributed by atoms with Crippen LogP contribution in [0.15, 0.2) is 36.4 Å². The molecule has 0 aromatic heterocycles. The molecule has 5 nitrogen and oxygen atoms in total. The van der Waals surface area contributed by atoms with E-state index in [1.807, 2.05) is 6.07 Å². The number of hydrogen-bond donors (Lipinski definition) is 1. The number of nitrogens with zero attached hydrogens (tertiary/aromatic N) is 1. The maximum absolute atomic E-state index is 13.4. The van der Waals surface area contributed by atoms with E-state index in [1.54, 1.807) is 12.1 Å². The van der Waals surface area contributed by atoms with Gasteiger partial charge in [-0.3, -0.25) is 4.79 Å². The number of ether oxygens (including phenoxy) is 1. The third kappa shape index (κ3) is 4.22. The van der Waals surface area contributed by atoms with Crippen LogP contribution >= 0.6 is 23.2 Å². The zero-order valence-electron chi connectivity index (χ0n) is 12.0. The van der Waals surface area contributed by atoms with Gasteiger partial charge in [-0.15, -0.1) is 0 Å². The van der Waals surface area contributed by atoms with E-state index in [2.05, 4.69) is 5.32 Å². The molecule has 2 aromatic carbocycles. The number of rotatable bonds is 4. The molecular formula is C16H9Cl2FN2O3. The molecule has 0 unspecified atom stereocenters. The Morgan fingerprint density at radius 2 is 1.92 bits per heavy atom. The average molecular weight is 367 g/mol. The number of para-hydroxylation sites is 1. The Bertz CT molecular complexity index is 850. The number of benzene rings is 2. The molecule has 0 aliphatic carbocycles. The summed E-state index contributed by atoms with van der Waals surface area (Å²) in [5, 5.41) is 11.0. The van der Waals surface area contributed by atoms with Crippen molar-refractivity contribution in [2.45, 2.75) is 0 Å². The van der Waals surface area contributed by atoms with Crippen molar-refractivity contribution in [3.63, 3.8) is 0 Å². The van der Waals surface area contributed by atoms with E-state index >= 15 is 0 Å². The number of anilines is 1. The number of nitriles is 1. The molecule has 8 heteroatoms. The molecule has 1 amide bonds. The van der Waals surface area contributed by atoms with Crippen LogP contribution in [-0.4, -0.2) is 18.5 Å². The van der Waals surface area contributed by atoms with Gasteiger partial charge in [-0.05, 0) is 24.3 Å². The van der Waals surface area contributed by atoms with Gasteiger partial charge in [-0.2, -0.15) is 5.26 Å². The van der Waals surface area contributed by atoms with Gasteiger partial charge < -0.3 is 10.1 Å². The number of hydrogen-bond acceptors (Lipinski definition) is 4. The van der Waals surface area contributed by atoms with Gasteiger partial charge in [0.1, 0.15) is 11.9 Å². The monoisotopic (exact) mass is 366 g/mol. The summed E-state index contributed by atoms with van der Waals surface area (Å²) in [5.74, 6) is -2.46. The number of carbonyl (C=O) groups excluding carboxylic acids is 2. The Hall–Kier alpha value is -2.62. The molecule has 0 atom stereocenters. The minimum absolute atomic E-state index is 0.0957. The Morgan fingerprint density at radius 3 is 2.62 bits per heavy atom. The summed E-state index contributed by atoms with van der Waals surface area (Å²) >= 11 is 11.3. The quantitative estimate of drug-likeness (QED) is 0.659. The first-order chi connectivity index (χ1) is 11.4. The van der Waals surface area contributed by atoms with Crippen LogP contribution in [-0.2, 0) is 9.53 Å². The van der Waals surface area contributed by atoms with E-state index < -0.39 is 24.3 Å². The smallest absolute Gasteiger partial charge is 0.340 e. The third-order valence-corrected chi connectivity index (χ3v) is 3.49. The molecule has 2 rings (SSSR count). The van der Waals surface area contributed by atoms with Crippen molar-refractivity contribution in [2.75, 3.05) is 11.9 Å². The van der Waals surface area contributed by atoms with Crippen molar-refractivity contribution < 1.29 is 18.7 Å². The van der Waals surface area contributed by atoms with Crippen LogP contribution in [0.3, 0.4) is 0 Å². The Kier molecular flexibility index (Phi) is 5.74. The number of carbonyl (C=O) groups is 2. The summed E-state index contributed by atoms with van der Waals surface area (Å²) in [6, 6.07) is 10.2. The average Bonchev–Trinajstić information content (AvgIpc) is 2.56. The van der Waals surface area contributed by atoms with Crippen molar-refractivity contribution >= 4 is 40.8 Å². The second kappa shape index (κ2) is 7.77. The standard InChI is InChI=1S/C16H9Cl2FN2O3/c17-11-6-12(18)13(19)5-10(11)16(23)24-8-15(22)21-14-4-2-1-3-9(14)7-20/h1-6H,8H2,(H,21,22). The molecule has 0 saturated carbocycles. The molecule has 0 fully saturated rings. The topological polar surface area (TPSA) is 79.2 Å². The van der Waals surface area contributed by atoms with Crippen LogP contribution in [0.2, 0.25) is 10.0 Å². The lowest BCUT2D eigenvalue weighted by Gasteiger charge is -2.09. The Labute approximate surface area is 146 Å². The minimum Gasteiger partial charge on any atom is -0.452 e. The fourth-order valence-corrected chi connectivity index (χ4v) is 2.22. The Balaban J connectivity index is 2.00. The summed E-state index contributed by atoms with van der Waals surface area (Å²) in [7, 11) is 0. The zero-order chi connectivity index (χ0) is 17.7. The first kappa shape index (κ1) is 17.7. The summed E-state index contributed by atoms with van der Waals surface area (Å²) in [6.07, 6.45) is 0. The molecule has 0 aliphatic heterocycles. The fourth-order valence-electron chi connectivity index (χ4n) is 1.76. The summed E-state index contributed by atoms with van der Waals surface area (Å²) in [6.45, 7) is -0.626. The van der Waals surface area contributed by atoms with Crippen molar-refractivity contribution in [3.8, 4) is 6.07 Å². The molecule has 0 heterocycles. The normalized spacial score (nSPS) is 9.92. The number of halogens is 3. The Morgan fingerprint density at radius 1 is 1.21 bits per heavy atom. The van der Waals surface area contributed by atoms with E-state index in [-0.39, 0.29) is 26.9 Å². The maximum Gasteiger partial charge on any atom is 0.340 e. The van der Waals surface area contributed by atoms with E-state index in [4.69, 9.17) is 33.2 Å². The van der Waals surface area contributed by atoms with Gasteiger partial charge in [0, 0.05) is 0 Å². The van der Waals surface area contributed by atoms with Crippen molar-refractivity contribution in [1.29, 1.82) is 5.26 Å². The van der Waals surface area contributed by atoms with Crippen LogP contribution < -0.4 is 5.32 Å². The molecule has 122 valence electrons. The number of esters is 1. The molecule has 24 heavy (non-hydrogen) atoms. The van der Waals surface area contributed by atoms with Crippen molar-refractivity contribution in [1.82, 2.24) is 0 Å². The van der Waals surface area contributed by atoms with Gasteiger partial charge in [-0.1, -0.05) is 35.3 Å². The van der Waals surface area contributed by atoms with Gasteiger partial charge in [-0.25, -0.2) is 9.18 Å². The van der Waals surface area contributed by atoms with Gasteiger partial charge in [0.25, 0.3) is 5.91 Å². The van der Waals surface area contributed by atoms with Crippen molar-refractivity contribution in [2.24, 2.45) is 0 Å². The predicted molar refractivity (Wildman–Crippen MR) is 86.5 cm³/mol. The maximum atomic E-state index is 13.4. The number of nitrogens with one attached hydrogen (secondary N) is 1. The summed E-state index contributed by atoms with van der Waals surface area (Å²) in [5.41, 5.74) is 0.306. The third-order valence-electron chi connectivity index (χ3n) is 2.89. The van der Waals surface area contributed by atoms with E-state index in [9.17, 15) is 14.0 Å². The number of amides is 1. The lowest BCUT2D eigenvalue weighted by Crippen LogP contribution is -2.21. The second-order valence-corrected chi connectivity index (χ2v) is 5.34. The van der Waals surface area contributed by atoms with Crippen LogP contribution in [0.25, 0.3) is 0 Å². The summed E-state index contributed by atoms with van der Waals surface area (Å²) in [4.78, 5) is 23.7. The summed E-state index contributed by atoms with van der Waals surface area (Å²) < 4.78 is 18.2. The first-order valence-electron chi connectivity index (χ1n) is 6.53. The zero-order valence-corrected chi connectivity index (χ0v) is 13.5. The second-order valence-electron chi connectivity index (χ2n) is 4.53. The van der Waals surface area contributed by atoms with E-state index in [1.165, 1.54) is 12.1 Å². The van der Waals surface area contributed by atoms with Gasteiger partial charge in [0.2, 0.25) is 0 Å². The van der Waals surface area contributed by atoms with Crippen LogP contribution in [0.5, 0.6) is 0 Å². The largest absolute Gasteiger partial charge is 0.452 e. The SMILES string of the molecule is N#Cc1ccccc1NC(=O)COC(=O)c1cc(F)c(Cl)cc1Cl. The molecule has 0 aliphatic rings. The lowest BCUT2D eigenvalue weighted by atomic mass is 10.2. The highest BCUT2D eigenvalue weighted by atomic mass is 35.5. The van der Waals surface area contributed by atoms with E-state index in [0.29, 0.717) is 0 Å². The van der Waals surface area contributed by atoms with Gasteiger partial charge in [0.15, 0.2) is 6.61 Å². The van der Waals surface area contributed by atoms with Crippen LogP contribution in [0.4, 0.5) is 10.1 Å². The van der Waals surface area contributed by atoms with Gasteiger partial charge in [0.05, 0.1) is 26.9 Å². The van der Waals surface area contributed by atoms with Crippen LogP contribution in [0, 0.1) is 17.1 Å². The molecule has 0 spiro atoms. The highest BCUT2D eigenvalue weighted by Gasteiger charge is 2.17. The van der Waals surface area contributed by atoms with Crippen LogP contribution in [0.1, 0.15) is 15.9 Å². The molecule has 2 aromatic rings. The minimum atomic E-state index is -0.973. The molecule has 0 radical (unpaired) electrons. The van der Waals surface area contributed by atoms with Gasteiger partial charge >= 0.3 is 5.97 Å². The molecule has 0 bridgehead atoms. The first-order valence-corrected chi connectivity index (χ1v) is 7.28. The highest BCUT2D eigenvalue weighted by Crippen LogP contribution is 2.25. The predicted octanol–water partition coefficient (Wildman–Crippen LogP) is 3.80. The fraction of sp³-hybridized carbons (Fsp3) is 0.0625. The molecule has 0 saturated heterocycles.